The van der Waals surface area contributed by atoms with Crippen LogP contribution in [-0.4, -0.2) is 37.8 Å². The van der Waals surface area contributed by atoms with E-state index in [2.05, 4.69) is 5.32 Å². The van der Waals surface area contributed by atoms with E-state index in [0.717, 1.165) is 30.4 Å². The number of sulfonamides is 1. The van der Waals surface area contributed by atoms with Crippen LogP contribution in [0.4, 0.5) is 0 Å². The molecule has 1 amide bonds. The zero-order valence-corrected chi connectivity index (χ0v) is 14.7. The highest BCUT2D eigenvalue weighted by Gasteiger charge is 2.31. The summed E-state index contributed by atoms with van der Waals surface area (Å²) in [4.78, 5) is 11.0. The van der Waals surface area contributed by atoms with Gasteiger partial charge >= 0.3 is 0 Å². The number of nitrogens with one attached hydrogen (secondary N) is 1. The maximum Gasteiger partial charge on any atom is 0.218 e. The van der Waals surface area contributed by atoms with Gasteiger partial charge in [0.15, 0.2) is 0 Å². The third kappa shape index (κ3) is 5.32. The van der Waals surface area contributed by atoms with Crippen molar-refractivity contribution in [2.75, 3.05) is 13.1 Å². The van der Waals surface area contributed by atoms with Crippen LogP contribution in [0.15, 0.2) is 24.3 Å². The molecule has 1 fully saturated rings. The highest BCUT2D eigenvalue weighted by Crippen LogP contribution is 2.24. The molecule has 1 heterocycles. The molecule has 0 radical (unpaired) electrons. The Morgan fingerprint density at radius 2 is 1.96 bits per heavy atom. The first-order chi connectivity index (χ1) is 10.9. The van der Waals surface area contributed by atoms with Gasteiger partial charge in [-0.1, -0.05) is 36.2 Å². The summed E-state index contributed by atoms with van der Waals surface area (Å²) in [6.07, 6.45) is 3.49. The summed E-state index contributed by atoms with van der Waals surface area (Å²) in [5.41, 5.74) is 1.94. The second-order valence-electron chi connectivity index (χ2n) is 6.27. The molecule has 1 atom stereocenters. The zero-order valence-electron chi connectivity index (χ0n) is 13.9. The van der Waals surface area contributed by atoms with Crippen LogP contribution in [0.2, 0.25) is 0 Å². The number of nitrogens with zero attached hydrogens (tertiary/aromatic N) is 1. The first-order valence-corrected chi connectivity index (χ1v) is 9.79. The van der Waals surface area contributed by atoms with E-state index in [-0.39, 0.29) is 17.7 Å². The van der Waals surface area contributed by atoms with Crippen molar-refractivity contribution in [2.24, 2.45) is 0 Å². The number of carbonyl (C=O) groups is 1. The van der Waals surface area contributed by atoms with Gasteiger partial charge in [-0.2, -0.15) is 4.31 Å². The molecular weight excluding hydrogens is 312 g/mol. The summed E-state index contributed by atoms with van der Waals surface area (Å²) in [6, 6.07) is 7.63. The summed E-state index contributed by atoms with van der Waals surface area (Å²) in [5.74, 6) is -0.0286. The Labute approximate surface area is 139 Å². The van der Waals surface area contributed by atoms with Crippen molar-refractivity contribution >= 4 is 15.9 Å². The van der Waals surface area contributed by atoms with E-state index < -0.39 is 10.0 Å². The number of aryl methyl sites for hydroxylation is 1. The number of amides is 1. The fraction of sp³-hybridized carbons (Fsp3) is 0.588. The molecule has 0 aliphatic carbocycles. The Morgan fingerprint density at radius 3 is 2.61 bits per heavy atom. The average molecular weight is 338 g/mol. The molecule has 128 valence electrons. The number of benzene rings is 1. The van der Waals surface area contributed by atoms with E-state index in [1.54, 1.807) is 4.31 Å². The minimum atomic E-state index is -3.33. The van der Waals surface area contributed by atoms with Crippen molar-refractivity contribution in [3.63, 3.8) is 0 Å². The van der Waals surface area contributed by atoms with Gasteiger partial charge in [0.25, 0.3) is 0 Å². The lowest BCUT2D eigenvalue weighted by atomic mass is 10.0. The van der Waals surface area contributed by atoms with Crippen LogP contribution in [0.1, 0.15) is 43.7 Å². The van der Waals surface area contributed by atoms with E-state index in [9.17, 15) is 13.2 Å². The normalized spacial score (nSPS) is 19.5. The molecule has 1 aliphatic rings. The summed E-state index contributed by atoms with van der Waals surface area (Å²) < 4.78 is 27.2. The van der Waals surface area contributed by atoms with Crippen LogP contribution in [0, 0.1) is 6.92 Å². The molecule has 0 bridgehead atoms. The van der Waals surface area contributed by atoms with Crippen LogP contribution < -0.4 is 5.32 Å². The number of hydrogen-bond donors (Lipinski definition) is 1. The number of hydrogen-bond acceptors (Lipinski definition) is 3. The molecule has 2 rings (SSSR count). The van der Waals surface area contributed by atoms with E-state index in [1.807, 2.05) is 31.2 Å². The van der Waals surface area contributed by atoms with Gasteiger partial charge < -0.3 is 5.32 Å². The Hall–Kier alpha value is -1.40. The lowest BCUT2D eigenvalue weighted by Crippen LogP contribution is -2.45. The van der Waals surface area contributed by atoms with Gasteiger partial charge in [-0.05, 0) is 31.7 Å². The van der Waals surface area contributed by atoms with E-state index in [1.165, 1.54) is 6.92 Å². The molecule has 1 aliphatic heterocycles. The van der Waals surface area contributed by atoms with Crippen molar-refractivity contribution < 1.29 is 13.2 Å². The van der Waals surface area contributed by atoms with Crippen molar-refractivity contribution in [3.05, 3.63) is 35.4 Å². The smallest absolute Gasteiger partial charge is 0.218 e. The van der Waals surface area contributed by atoms with Gasteiger partial charge in [-0.25, -0.2) is 8.42 Å². The molecule has 6 heteroatoms. The molecule has 1 aromatic rings. The maximum atomic E-state index is 12.8. The first kappa shape index (κ1) is 17.9. The van der Waals surface area contributed by atoms with Gasteiger partial charge in [-0.15, -0.1) is 0 Å². The fourth-order valence-electron chi connectivity index (χ4n) is 3.02. The van der Waals surface area contributed by atoms with Gasteiger partial charge in [0.1, 0.15) is 0 Å². The minimum Gasteiger partial charge on any atom is -0.356 e. The van der Waals surface area contributed by atoms with Crippen molar-refractivity contribution in [3.8, 4) is 0 Å². The minimum absolute atomic E-state index is 0.00829. The zero-order chi connectivity index (χ0) is 16.9. The molecule has 23 heavy (non-hydrogen) atoms. The molecule has 1 saturated heterocycles. The molecule has 0 aromatic heterocycles. The highest BCUT2D eigenvalue weighted by molar-refractivity contribution is 7.88. The molecule has 0 unspecified atom stereocenters. The molecule has 5 nitrogen and oxygen atoms in total. The van der Waals surface area contributed by atoms with Gasteiger partial charge in [0.05, 0.1) is 5.75 Å². The first-order valence-electron chi connectivity index (χ1n) is 8.18. The predicted molar refractivity (Wildman–Crippen MR) is 91.4 cm³/mol. The topological polar surface area (TPSA) is 66.5 Å². The van der Waals surface area contributed by atoms with Gasteiger partial charge in [0.2, 0.25) is 15.9 Å². The van der Waals surface area contributed by atoms with Crippen molar-refractivity contribution in [1.29, 1.82) is 0 Å². The summed E-state index contributed by atoms with van der Waals surface area (Å²) in [5, 5.41) is 2.76. The standard InChI is InChI=1S/C17H26N2O3S/c1-14-6-8-16(9-7-14)13-23(21,22)19-12-4-3-5-17(19)10-11-18-15(2)20/h6-9,17H,3-5,10-13H2,1-2H3,(H,18,20)/t17-/m0/s1. The van der Waals surface area contributed by atoms with Crippen LogP contribution in [0.3, 0.4) is 0 Å². The van der Waals surface area contributed by atoms with E-state index in [4.69, 9.17) is 0 Å². The summed E-state index contributed by atoms with van der Waals surface area (Å²) in [6.45, 7) is 4.57. The Balaban J connectivity index is 2.05. The van der Waals surface area contributed by atoms with Crippen LogP contribution in [0.5, 0.6) is 0 Å². The highest BCUT2D eigenvalue weighted by atomic mass is 32.2. The molecule has 1 aromatic carbocycles. The fourth-order valence-corrected chi connectivity index (χ4v) is 4.87. The second-order valence-corrected chi connectivity index (χ2v) is 8.20. The number of piperidine rings is 1. The lowest BCUT2D eigenvalue weighted by Gasteiger charge is -2.34. The molecule has 1 N–H and O–H groups in total. The van der Waals surface area contributed by atoms with E-state index >= 15 is 0 Å². The average Bonchev–Trinajstić information content (AvgIpc) is 2.49. The molecular formula is C17H26N2O3S. The summed E-state index contributed by atoms with van der Waals surface area (Å²) >= 11 is 0. The third-order valence-electron chi connectivity index (χ3n) is 4.25. The third-order valence-corrected chi connectivity index (χ3v) is 6.15. The lowest BCUT2D eigenvalue weighted by molar-refractivity contribution is -0.119. The maximum absolute atomic E-state index is 12.8. The second kappa shape index (κ2) is 7.93. The van der Waals surface area contributed by atoms with Crippen LogP contribution >= 0.6 is 0 Å². The SMILES string of the molecule is CC(=O)NCC[C@@H]1CCCCN1S(=O)(=O)Cc1ccc(C)cc1. The van der Waals surface area contributed by atoms with Crippen molar-refractivity contribution in [2.45, 2.75) is 51.3 Å². The van der Waals surface area contributed by atoms with Gasteiger partial charge in [0, 0.05) is 26.1 Å². The largest absolute Gasteiger partial charge is 0.356 e. The number of carbonyl (C=O) groups excluding carboxylic acids is 1. The van der Waals surface area contributed by atoms with Crippen LogP contribution in [0.25, 0.3) is 0 Å². The van der Waals surface area contributed by atoms with E-state index in [0.29, 0.717) is 19.5 Å². The summed E-state index contributed by atoms with van der Waals surface area (Å²) in [7, 11) is -3.33. The number of rotatable bonds is 6. The van der Waals surface area contributed by atoms with Crippen LogP contribution in [-0.2, 0) is 20.6 Å². The monoisotopic (exact) mass is 338 g/mol. The molecule has 0 saturated carbocycles. The van der Waals surface area contributed by atoms with Gasteiger partial charge in [-0.3, -0.25) is 4.79 Å². The Morgan fingerprint density at radius 1 is 1.26 bits per heavy atom. The quantitative estimate of drug-likeness (QED) is 0.865. The van der Waals surface area contributed by atoms with Crippen molar-refractivity contribution in [1.82, 2.24) is 9.62 Å². The Bertz CT molecular complexity index is 626. The molecule has 0 spiro atoms. The Kier molecular flexibility index (Phi) is 6.18. The predicted octanol–water partition coefficient (Wildman–Crippen LogP) is 2.21.